The Morgan fingerprint density at radius 3 is 2.56 bits per heavy atom. The first-order chi connectivity index (χ1) is 12.9. The summed E-state index contributed by atoms with van der Waals surface area (Å²) in [4.78, 5) is 11.7. The minimum Gasteiger partial charge on any atom is -0.482 e. The lowest BCUT2D eigenvalue weighted by Crippen LogP contribution is -2.25. The molecule has 0 unspecified atom stereocenters. The van der Waals surface area contributed by atoms with Crippen LogP contribution in [0.5, 0.6) is 5.75 Å². The summed E-state index contributed by atoms with van der Waals surface area (Å²) in [6, 6.07) is 12.3. The zero-order valence-electron chi connectivity index (χ0n) is 15.4. The largest absolute Gasteiger partial charge is 0.482 e. The Morgan fingerprint density at radius 2 is 1.85 bits per heavy atom. The predicted octanol–water partition coefficient (Wildman–Crippen LogP) is 4.58. The van der Waals surface area contributed by atoms with E-state index in [4.69, 9.17) is 9.84 Å². The molecule has 1 aromatic heterocycles. The number of rotatable bonds is 3. The lowest BCUT2D eigenvalue weighted by atomic mass is 9.98. The van der Waals surface area contributed by atoms with E-state index in [1.165, 1.54) is 12.1 Å². The number of nitrogens with one attached hydrogen (secondary N) is 1. The maximum atomic E-state index is 13.4. The molecule has 0 fully saturated rings. The first kappa shape index (κ1) is 17.3. The molecular weight excluding hydrogens is 345 g/mol. The average molecular weight is 365 g/mol. The highest BCUT2D eigenvalue weighted by molar-refractivity contribution is 5.96. The van der Waals surface area contributed by atoms with Gasteiger partial charge in [0.1, 0.15) is 11.6 Å². The van der Waals surface area contributed by atoms with Crippen LogP contribution in [-0.4, -0.2) is 22.3 Å². The molecule has 0 saturated heterocycles. The van der Waals surface area contributed by atoms with Crippen molar-refractivity contribution in [3.8, 4) is 28.1 Å². The Bertz CT molecular complexity index is 1020. The number of anilines is 1. The van der Waals surface area contributed by atoms with Gasteiger partial charge in [-0.25, -0.2) is 4.39 Å². The molecule has 27 heavy (non-hydrogen) atoms. The standard InChI is InChI=1S/C21H20FN3O2/c1-12(2)25-21(15-6-9-18-17(10-15)23-19(26)11-27-18)20(13(3)24-25)14-4-7-16(22)8-5-14/h4-10,12H,11H2,1-3H3,(H,23,26). The number of aromatic nitrogens is 2. The van der Waals surface area contributed by atoms with Crippen LogP contribution < -0.4 is 10.1 Å². The molecule has 0 spiro atoms. The van der Waals surface area contributed by atoms with Crippen LogP contribution in [0, 0.1) is 12.7 Å². The SMILES string of the molecule is Cc1nn(C(C)C)c(-c2ccc3c(c2)NC(=O)CO3)c1-c1ccc(F)cc1. The second-order valence-corrected chi connectivity index (χ2v) is 6.90. The summed E-state index contributed by atoms with van der Waals surface area (Å²) in [5.41, 5.74) is 5.19. The number of carbonyl (C=O) groups excluding carboxylic acids is 1. The van der Waals surface area contributed by atoms with E-state index in [2.05, 4.69) is 19.2 Å². The molecule has 4 rings (SSSR count). The molecule has 0 atom stereocenters. The zero-order chi connectivity index (χ0) is 19.1. The van der Waals surface area contributed by atoms with Crippen LogP contribution in [0.25, 0.3) is 22.4 Å². The van der Waals surface area contributed by atoms with Crippen LogP contribution in [0.15, 0.2) is 42.5 Å². The molecule has 0 bridgehead atoms. The zero-order valence-corrected chi connectivity index (χ0v) is 15.4. The van der Waals surface area contributed by atoms with Gasteiger partial charge in [0.05, 0.1) is 17.1 Å². The van der Waals surface area contributed by atoms with E-state index in [1.54, 1.807) is 12.1 Å². The second-order valence-electron chi connectivity index (χ2n) is 6.90. The van der Waals surface area contributed by atoms with Crippen molar-refractivity contribution in [2.45, 2.75) is 26.8 Å². The lowest BCUT2D eigenvalue weighted by molar-refractivity contribution is -0.118. The van der Waals surface area contributed by atoms with Gasteiger partial charge < -0.3 is 10.1 Å². The number of benzene rings is 2. The van der Waals surface area contributed by atoms with Crippen LogP contribution in [-0.2, 0) is 4.79 Å². The number of ether oxygens (including phenoxy) is 1. The van der Waals surface area contributed by atoms with Crippen molar-refractivity contribution in [2.75, 3.05) is 11.9 Å². The molecule has 0 saturated carbocycles. The number of nitrogens with zero attached hydrogens (tertiary/aromatic N) is 2. The molecule has 138 valence electrons. The topological polar surface area (TPSA) is 56.2 Å². The Hall–Kier alpha value is -3.15. The van der Waals surface area contributed by atoms with Gasteiger partial charge in [-0.3, -0.25) is 9.48 Å². The van der Waals surface area contributed by atoms with Gasteiger partial charge in [-0.2, -0.15) is 5.10 Å². The minimum absolute atomic E-state index is 0.0240. The van der Waals surface area contributed by atoms with Gasteiger partial charge in [0.25, 0.3) is 5.91 Å². The molecule has 0 radical (unpaired) electrons. The summed E-state index contributed by atoms with van der Waals surface area (Å²) < 4.78 is 20.8. The number of carbonyl (C=O) groups is 1. The molecule has 0 aliphatic carbocycles. The normalized spacial score (nSPS) is 13.3. The van der Waals surface area contributed by atoms with Crippen LogP contribution in [0.2, 0.25) is 0 Å². The molecule has 3 aromatic rings. The van der Waals surface area contributed by atoms with E-state index in [0.717, 1.165) is 28.1 Å². The number of fused-ring (bicyclic) bond motifs is 1. The highest BCUT2D eigenvalue weighted by Crippen LogP contribution is 2.39. The summed E-state index contributed by atoms with van der Waals surface area (Å²) in [6.07, 6.45) is 0. The monoisotopic (exact) mass is 365 g/mol. The fourth-order valence-corrected chi connectivity index (χ4v) is 3.39. The molecule has 1 aliphatic rings. The molecule has 5 nitrogen and oxygen atoms in total. The molecule has 1 aliphatic heterocycles. The van der Waals surface area contributed by atoms with E-state index in [1.807, 2.05) is 29.8 Å². The first-order valence-electron chi connectivity index (χ1n) is 8.86. The predicted molar refractivity (Wildman–Crippen MR) is 102 cm³/mol. The summed E-state index contributed by atoms with van der Waals surface area (Å²) in [7, 11) is 0. The Morgan fingerprint density at radius 1 is 1.15 bits per heavy atom. The number of hydrogen-bond donors (Lipinski definition) is 1. The average Bonchev–Trinajstić information content (AvgIpc) is 2.99. The van der Waals surface area contributed by atoms with Crippen LogP contribution in [0.1, 0.15) is 25.6 Å². The summed E-state index contributed by atoms with van der Waals surface area (Å²) in [5, 5.41) is 7.57. The maximum absolute atomic E-state index is 13.4. The van der Waals surface area contributed by atoms with E-state index < -0.39 is 0 Å². The Kier molecular flexibility index (Phi) is 4.18. The Labute approximate surface area is 156 Å². The molecule has 2 aromatic carbocycles. The third-order valence-electron chi connectivity index (χ3n) is 4.59. The van der Waals surface area contributed by atoms with Crippen molar-refractivity contribution in [2.24, 2.45) is 0 Å². The summed E-state index contributed by atoms with van der Waals surface area (Å²) in [5.74, 6) is 0.198. The van der Waals surface area contributed by atoms with E-state index in [-0.39, 0.29) is 24.4 Å². The molecule has 1 N–H and O–H groups in total. The lowest BCUT2D eigenvalue weighted by Gasteiger charge is -2.20. The summed E-state index contributed by atoms with van der Waals surface area (Å²) in [6.45, 7) is 6.10. The number of aryl methyl sites for hydroxylation is 1. The van der Waals surface area contributed by atoms with Crippen molar-refractivity contribution in [1.82, 2.24) is 9.78 Å². The highest BCUT2D eigenvalue weighted by Gasteiger charge is 2.23. The van der Waals surface area contributed by atoms with Crippen LogP contribution in [0.3, 0.4) is 0 Å². The van der Waals surface area contributed by atoms with Gasteiger partial charge >= 0.3 is 0 Å². The first-order valence-corrected chi connectivity index (χ1v) is 8.86. The van der Waals surface area contributed by atoms with Crippen molar-refractivity contribution in [1.29, 1.82) is 0 Å². The highest BCUT2D eigenvalue weighted by atomic mass is 19.1. The third kappa shape index (κ3) is 3.07. The number of halogens is 1. The van der Waals surface area contributed by atoms with E-state index in [9.17, 15) is 9.18 Å². The van der Waals surface area contributed by atoms with E-state index >= 15 is 0 Å². The van der Waals surface area contributed by atoms with Crippen LogP contribution >= 0.6 is 0 Å². The van der Waals surface area contributed by atoms with Crippen molar-refractivity contribution < 1.29 is 13.9 Å². The fourth-order valence-electron chi connectivity index (χ4n) is 3.39. The van der Waals surface area contributed by atoms with Gasteiger partial charge in [0, 0.05) is 17.2 Å². The van der Waals surface area contributed by atoms with Gasteiger partial charge in [0.15, 0.2) is 6.61 Å². The second kappa shape index (κ2) is 6.54. The number of hydrogen-bond acceptors (Lipinski definition) is 3. The smallest absolute Gasteiger partial charge is 0.262 e. The van der Waals surface area contributed by atoms with Gasteiger partial charge in [-0.15, -0.1) is 0 Å². The Balaban J connectivity index is 1.92. The van der Waals surface area contributed by atoms with E-state index in [0.29, 0.717) is 11.4 Å². The van der Waals surface area contributed by atoms with Crippen molar-refractivity contribution >= 4 is 11.6 Å². The molecule has 1 amide bonds. The molecule has 6 heteroatoms. The quantitative estimate of drug-likeness (QED) is 0.739. The molecular formula is C21H20FN3O2. The molecule has 2 heterocycles. The number of amides is 1. The maximum Gasteiger partial charge on any atom is 0.262 e. The third-order valence-corrected chi connectivity index (χ3v) is 4.59. The van der Waals surface area contributed by atoms with Crippen LogP contribution in [0.4, 0.5) is 10.1 Å². The summed E-state index contributed by atoms with van der Waals surface area (Å²) >= 11 is 0. The fraction of sp³-hybridized carbons (Fsp3) is 0.238. The van der Waals surface area contributed by atoms with Gasteiger partial charge in [0.2, 0.25) is 0 Å². The minimum atomic E-state index is -0.275. The van der Waals surface area contributed by atoms with Crippen molar-refractivity contribution in [3.63, 3.8) is 0 Å². The van der Waals surface area contributed by atoms with Crippen molar-refractivity contribution in [3.05, 3.63) is 54.0 Å². The van der Waals surface area contributed by atoms with Gasteiger partial charge in [-0.05, 0) is 56.7 Å². The van der Waals surface area contributed by atoms with Gasteiger partial charge in [-0.1, -0.05) is 12.1 Å².